The summed E-state index contributed by atoms with van der Waals surface area (Å²) in [6.07, 6.45) is -9.35. The first kappa shape index (κ1) is 14.6. The second-order valence-electron chi connectivity index (χ2n) is 4.49. The fraction of sp³-hybridized carbons (Fsp3) is 0.455. The van der Waals surface area contributed by atoms with Crippen LogP contribution in [0.15, 0.2) is 24.3 Å². The average molecular weight is 299 g/mol. The Labute approximate surface area is 108 Å². The zero-order chi connectivity index (χ0) is 15.3. The van der Waals surface area contributed by atoms with Gasteiger partial charge in [-0.15, -0.1) is 0 Å². The number of rotatable bonds is 2. The molecule has 0 aliphatic heterocycles. The lowest BCUT2D eigenvalue weighted by Gasteiger charge is -2.07. The van der Waals surface area contributed by atoms with E-state index < -0.39 is 40.7 Å². The van der Waals surface area contributed by atoms with Crippen LogP contribution >= 0.6 is 0 Å². The van der Waals surface area contributed by atoms with Gasteiger partial charge in [0.15, 0.2) is 0 Å². The van der Waals surface area contributed by atoms with Crippen molar-refractivity contribution in [3.63, 3.8) is 0 Å². The molecule has 1 saturated carbocycles. The van der Waals surface area contributed by atoms with Crippen LogP contribution in [0.4, 0.5) is 26.3 Å². The van der Waals surface area contributed by atoms with E-state index in [2.05, 4.69) is 0 Å². The largest absolute Gasteiger partial charge is 0.416 e. The van der Waals surface area contributed by atoms with E-state index in [0.717, 1.165) is 12.1 Å². The van der Waals surface area contributed by atoms with Gasteiger partial charge in [-0.25, -0.2) is 0 Å². The van der Waals surface area contributed by atoms with E-state index in [1.165, 1.54) is 0 Å². The summed E-state index contributed by atoms with van der Waals surface area (Å²) in [4.78, 5) is 9.51. The maximum atomic E-state index is 12.6. The molecule has 0 spiro atoms. The Bertz CT molecular complexity index is 521. The van der Waals surface area contributed by atoms with Crippen LogP contribution in [-0.4, -0.2) is 17.1 Å². The van der Waals surface area contributed by atoms with E-state index >= 15 is 0 Å². The van der Waals surface area contributed by atoms with Gasteiger partial charge in [-0.1, -0.05) is 12.1 Å². The van der Waals surface area contributed by atoms with Crippen LogP contribution in [0.3, 0.4) is 0 Å². The number of hydrogen-bond acceptors (Lipinski definition) is 2. The Kier molecular flexibility index (Phi) is 3.18. The normalized spacial score (nSPS) is 26.4. The highest BCUT2D eigenvalue weighted by Gasteiger charge is 2.72. The molecule has 110 valence electrons. The smallest absolute Gasteiger partial charge is 0.264 e. The molecular formula is C11H7F6NO2. The zero-order valence-corrected chi connectivity index (χ0v) is 9.57. The van der Waals surface area contributed by atoms with Crippen molar-refractivity contribution >= 4 is 0 Å². The molecule has 0 heterocycles. The number of benzene rings is 1. The molecule has 9 heteroatoms. The lowest BCUT2D eigenvalue weighted by molar-refractivity contribution is -0.503. The fourth-order valence-electron chi connectivity index (χ4n) is 2.25. The molecule has 3 atom stereocenters. The topological polar surface area (TPSA) is 43.1 Å². The van der Waals surface area contributed by atoms with Gasteiger partial charge in [0.2, 0.25) is 6.04 Å². The summed E-state index contributed by atoms with van der Waals surface area (Å²) in [5.41, 5.74) is -1.12. The van der Waals surface area contributed by atoms with Crippen LogP contribution in [0.1, 0.15) is 17.0 Å². The van der Waals surface area contributed by atoms with Gasteiger partial charge in [-0.2, -0.15) is 26.3 Å². The van der Waals surface area contributed by atoms with Crippen molar-refractivity contribution in [2.45, 2.75) is 24.3 Å². The van der Waals surface area contributed by atoms with Crippen molar-refractivity contribution in [1.82, 2.24) is 0 Å². The lowest BCUT2D eigenvalue weighted by Crippen LogP contribution is -2.17. The molecule has 3 nitrogen and oxygen atoms in total. The first-order valence-electron chi connectivity index (χ1n) is 5.41. The number of halogens is 6. The Hall–Kier alpha value is -1.80. The van der Waals surface area contributed by atoms with E-state index in [4.69, 9.17) is 0 Å². The van der Waals surface area contributed by atoms with Crippen LogP contribution in [0.5, 0.6) is 0 Å². The molecule has 1 aliphatic rings. The molecule has 20 heavy (non-hydrogen) atoms. The van der Waals surface area contributed by atoms with Crippen molar-refractivity contribution in [3.8, 4) is 0 Å². The summed E-state index contributed by atoms with van der Waals surface area (Å²) in [5, 5.41) is 10.6. The molecule has 1 fully saturated rings. The molecule has 0 amide bonds. The Morgan fingerprint density at radius 1 is 1.00 bits per heavy atom. The molecule has 0 unspecified atom stereocenters. The second kappa shape index (κ2) is 4.35. The van der Waals surface area contributed by atoms with Crippen LogP contribution < -0.4 is 0 Å². The molecule has 0 bridgehead atoms. The third-order valence-electron chi connectivity index (χ3n) is 3.23. The summed E-state index contributed by atoms with van der Waals surface area (Å²) in [6.45, 7) is 0. The average Bonchev–Trinajstić information content (AvgIpc) is 3.02. The van der Waals surface area contributed by atoms with Crippen molar-refractivity contribution in [3.05, 3.63) is 45.5 Å². The van der Waals surface area contributed by atoms with Crippen molar-refractivity contribution in [1.29, 1.82) is 0 Å². The van der Waals surface area contributed by atoms with Gasteiger partial charge in [0.25, 0.3) is 0 Å². The van der Waals surface area contributed by atoms with Gasteiger partial charge >= 0.3 is 12.4 Å². The zero-order valence-electron chi connectivity index (χ0n) is 9.57. The SMILES string of the molecule is O=[N+]([O-])[C@H]1[C@H](c2ccc(C(F)(F)F)cc2)[C@@H]1C(F)(F)F. The summed E-state index contributed by atoms with van der Waals surface area (Å²) in [6, 6.07) is 1.13. The first-order valence-corrected chi connectivity index (χ1v) is 5.41. The first-order chi connectivity index (χ1) is 9.03. The van der Waals surface area contributed by atoms with Gasteiger partial charge in [-0.05, 0) is 17.7 Å². The molecule has 0 N–H and O–H groups in total. The van der Waals surface area contributed by atoms with Gasteiger partial charge in [0, 0.05) is 4.92 Å². The molecule has 0 aromatic heterocycles. The monoisotopic (exact) mass is 299 g/mol. The number of hydrogen-bond donors (Lipinski definition) is 0. The fourth-order valence-corrected chi connectivity index (χ4v) is 2.25. The van der Waals surface area contributed by atoms with Crippen LogP contribution in [0.25, 0.3) is 0 Å². The van der Waals surface area contributed by atoms with Gasteiger partial charge in [0.1, 0.15) is 5.92 Å². The maximum absolute atomic E-state index is 12.6. The minimum atomic E-state index is -4.74. The van der Waals surface area contributed by atoms with Crippen molar-refractivity contribution in [2.75, 3.05) is 0 Å². The van der Waals surface area contributed by atoms with Gasteiger partial charge in [-0.3, -0.25) is 10.1 Å². The van der Waals surface area contributed by atoms with E-state index in [1.54, 1.807) is 0 Å². The van der Waals surface area contributed by atoms with Gasteiger partial charge < -0.3 is 0 Å². The van der Waals surface area contributed by atoms with Gasteiger partial charge in [0.05, 0.1) is 11.5 Å². The van der Waals surface area contributed by atoms with E-state index in [1.807, 2.05) is 0 Å². The molecule has 1 aromatic carbocycles. The number of alkyl halides is 6. The van der Waals surface area contributed by atoms with Crippen LogP contribution in [-0.2, 0) is 6.18 Å². The number of nitrogens with zero attached hydrogens (tertiary/aromatic N) is 1. The Morgan fingerprint density at radius 2 is 1.50 bits per heavy atom. The second-order valence-corrected chi connectivity index (χ2v) is 4.49. The highest BCUT2D eigenvalue weighted by Crippen LogP contribution is 2.57. The number of nitro groups is 1. The Morgan fingerprint density at radius 3 is 1.80 bits per heavy atom. The highest BCUT2D eigenvalue weighted by atomic mass is 19.4. The minimum Gasteiger partial charge on any atom is -0.264 e. The predicted octanol–water partition coefficient (Wildman–Crippen LogP) is 3.63. The van der Waals surface area contributed by atoms with E-state index in [-0.39, 0.29) is 5.56 Å². The van der Waals surface area contributed by atoms with Crippen LogP contribution in [0.2, 0.25) is 0 Å². The van der Waals surface area contributed by atoms with Crippen LogP contribution in [0, 0.1) is 16.0 Å². The lowest BCUT2D eigenvalue weighted by atomic mass is 10.1. The molecule has 2 rings (SSSR count). The highest BCUT2D eigenvalue weighted by molar-refractivity contribution is 5.33. The molecular weight excluding hydrogens is 292 g/mol. The summed E-state index contributed by atoms with van der Waals surface area (Å²) in [7, 11) is 0. The standard InChI is InChI=1S/C11H7F6NO2/c12-10(13,14)6-3-1-5(2-4-6)7-8(11(15,16)17)9(7)18(19)20/h1-4,7-9H/t7-,8+,9+/m1/s1. The van der Waals surface area contributed by atoms with Crippen molar-refractivity contribution in [2.24, 2.45) is 5.92 Å². The summed E-state index contributed by atoms with van der Waals surface area (Å²) >= 11 is 0. The van der Waals surface area contributed by atoms with E-state index in [9.17, 15) is 36.5 Å². The molecule has 0 saturated heterocycles. The van der Waals surface area contributed by atoms with Crippen molar-refractivity contribution < 1.29 is 31.3 Å². The van der Waals surface area contributed by atoms with E-state index in [0.29, 0.717) is 12.1 Å². The third kappa shape index (κ3) is 2.56. The maximum Gasteiger partial charge on any atom is 0.416 e. The predicted molar refractivity (Wildman–Crippen MR) is 54.5 cm³/mol. The summed E-state index contributed by atoms with van der Waals surface area (Å²) < 4.78 is 74.7. The molecule has 0 radical (unpaired) electrons. The minimum absolute atomic E-state index is 0.109. The third-order valence-corrected chi connectivity index (χ3v) is 3.23. The quantitative estimate of drug-likeness (QED) is 0.475. The summed E-state index contributed by atoms with van der Waals surface area (Å²) in [5.74, 6) is -3.57. The molecule has 1 aliphatic carbocycles. The molecule has 1 aromatic rings. The Balaban J connectivity index is 2.26.